The second kappa shape index (κ2) is 3.80. The van der Waals surface area contributed by atoms with Gasteiger partial charge in [-0.05, 0) is 53.3 Å². The maximum atomic E-state index is 11.4. The fraction of sp³-hybridized carbons (Fsp3) is 0.200. The summed E-state index contributed by atoms with van der Waals surface area (Å²) in [6, 6.07) is 5.33. The summed E-state index contributed by atoms with van der Waals surface area (Å²) in [4.78, 5) is 23.8. The van der Waals surface area contributed by atoms with Crippen molar-refractivity contribution in [3.63, 3.8) is 0 Å². The number of nitrogens with zero attached hydrogens (tertiary/aromatic N) is 1. The van der Waals surface area contributed by atoms with Crippen LogP contribution in [-0.2, 0) is 4.79 Å². The molecule has 78 valence electrons. The molecule has 1 aliphatic rings. The van der Waals surface area contributed by atoms with Gasteiger partial charge in [-0.3, -0.25) is 15.0 Å². The normalized spacial score (nSPS) is 15.7. The first-order valence-corrected chi connectivity index (χ1v) is 5.53. The predicted molar refractivity (Wildman–Crippen MR) is 64.8 cm³/mol. The van der Waals surface area contributed by atoms with Gasteiger partial charge in [-0.2, -0.15) is 0 Å². The second-order valence-corrected chi connectivity index (χ2v) is 4.54. The predicted octanol–water partition coefficient (Wildman–Crippen LogP) is 1.66. The van der Waals surface area contributed by atoms with Crippen molar-refractivity contribution in [2.45, 2.75) is 6.92 Å². The number of anilines is 1. The van der Waals surface area contributed by atoms with Gasteiger partial charge in [0.15, 0.2) is 0 Å². The van der Waals surface area contributed by atoms with E-state index in [1.54, 1.807) is 0 Å². The van der Waals surface area contributed by atoms with Crippen LogP contribution in [0.15, 0.2) is 18.2 Å². The molecule has 0 bridgehead atoms. The minimum atomic E-state index is -0.347. The van der Waals surface area contributed by atoms with Crippen molar-refractivity contribution < 1.29 is 9.59 Å². The Morgan fingerprint density at radius 3 is 2.67 bits per heavy atom. The van der Waals surface area contributed by atoms with Crippen molar-refractivity contribution >= 4 is 40.2 Å². The average Bonchev–Trinajstić information content (AvgIpc) is 2.50. The molecular weight excluding hydrogens is 307 g/mol. The fourth-order valence-electron chi connectivity index (χ4n) is 1.45. The van der Waals surface area contributed by atoms with Crippen LogP contribution in [0, 0.1) is 10.5 Å². The third-order valence-electron chi connectivity index (χ3n) is 2.25. The lowest BCUT2D eigenvalue weighted by atomic mass is 10.2. The number of hydrogen-bond acceptors (Lipinski definition) is 2. The molecule has 0 spiro atoms. The molecule has 1 fully saturated rings. The zero-order valence-corrected chi connectivity index (χ0v) is 10.2. The van der Waals surface area contributed by atoms with Crippen molar-refractivity contribution in [3.05, 3.63) is 27.3 Å². The van der Waals surface area contributed by atoms with Crippen LogP contribution < -0.4 is 10.2 Å². The van der Waals surface area contributed by atoms with Crippen LogP contribution in [-0.4, -0.2) is 18.5 Å². The lowest BCUT2D eigenvalue weighted by Gasteiger charge is -2.14. The van der Waals surface area contributed by atoms with Gasteiger partial charge in [0, 0.05) is 9.26 Å². The van der Waals surface area contributed by atoms with Gasteiger partial charge in [0.1, 0.15) is 6.54 Å². The van der Waals surface area contributed by atoms with Gasteiger partial charge in [-0.15, -0.1) is 0 Å². The largest absolute Gasteiger partial charge is 0.329 e. The summed E-state index contributed by atoms with van der Waals surface area (Å²) in [5.74, 6) is -0.254. The quantitative estimate of drug-likeness (QED) is 0.633. The Bertz CT molecular complexity index is 445. The highest BCUT2D eigenvalue weighted by Gasteiger charge is 2.27. The summed E-state index contributed by atoms with van der Waals surface area (Å²) < 4.78 is 1.14. The third kappa shape index (κ3) is 1.97. The van der Waals surface area contributed by atoms with Gasteiger partial charge in [-0.1, -0.05) is 0 Å². The van der Waals surface area contributed by atoms with Crippen LogP contribution in [0.3, 0.4) is 0 Å². The van der Waals surface area contributed by atoms with Gasteiger partial charge < -0.3 is 0 Å². The van der Waals surface area contributed by atoms with Gasteiger partial charge in [-0.25, -0.2) is 4.79 Å². The van der Waals surface area contributed by atoms with E-state index in [-0.39, 0.29) is 18.5 Å². The molecule has 0 aromatic heterocycles. The number of hydrogen-bond donors (Lipinski definition) is 1. The molecular formula is C10H9IN2O2. The van der Waals surface area contributed by atoms with Gasteiger partial charge in [0.05, 0.1) is 0 Å². The smallest absolute Gasteiger partial charge is 0.285 e. The molecule has 1 aromatic rings. The Morgan fingerprint density at radius 1 is 1.40 bits per heavy atom. The van der Waals surface area contributed by atoms with E-state index >= 15 is 0 Å². The number of imide groups is 1. The molecule has 1 heterocycles. The van der Waals surface area contributed by atoms with Crippen LogP contribution in [0.25, 0.3) is 0 Å². The highest BCUT2D eigenvalue weighted by molar-refractivity contribution is 14.1. The molecule has 1 saturated heterocycles. The molecule has 5 heteroatoms. The molecule has 2 rings (SSSR count). The highest BCUT2D eigenvalue weighted by Crippen LogP contribution is 2.21. The number of carbonyl (C=O) groups is 2. The van der Waals surface area contributed by atoms with Gasteiger partial charge >= 0.3 is 6.03 Å². The van der Waals surface area contributed by atoms with Crippen molar-refractivity contribution in [2.75, 3.05) is 11.4 Å². The zero-order valence-electron chi connectivity index (χ0n) is 8.08. The molecule has 1 aliphatic heterocycles. The minimum absolute atomic E-state index is 0.110. The Balaban J connectivity index is 2.34. The molecule has 0 radical (unpaired) electrons. The average molecular weight is 316 g/mol. The SMILES string of the molecule is Cc1cc(N2CC(=O)NC2=O)ccc1I. The first-order chi connectivity index (χ1) is 7.08. The Labute approximate surface area is 101 Å². The van der Waals surface area contributed by atoms with E-state index in [1.807, 2.05) is 25.1 Å². The maximum Gasteiger partial charge on any atom is 0.329 e. The van der Waals surface area contributed by atoms with Crippen LogP contribution >= 0.6 is 22.6 Å². The van der Waals surface area contributed by atoms with E-state index < -0.39 is 0 Å². The van der Waals surface area contributed by atoms with Crippen molar-refractivity contribution in [2.24, 2.45) is 0 Å². The zero-order chi connectivity index (χ0) is 11.0. The first-order valence-electron chi connectivity index (χ1n) is 4.45. The van der Waals surface area contributed by atoms with E-state index in [2.05, 4.69) is 27.9 Å². The van der Waals surface area contributed by atoms with Crippen LogP contribution in [0.4, 0.5) is 10.5 Å². The number of amides is 3. The molecule has 0 unspecified atom stereocenters. The van der Waals surface area contributed by atoms with Crippen LogP contribution in [0.2, 0.25) is 0 Å². The van der Waals surface area contributed by atoms with Gasteiger partial charge in [0.2, 0.25) is 5.91 Å². The van der Waals surface area contributed by atoms with E-state index in [4.69, 9.17) is 0 Å². The Morgan fingerprint density at radius 2 is 2.13 bits per heavy atom. The molecule has 15 heavy (non-hydrogen) atoms. The monoisotopic (exact) mass is 316 g/mol. The summed E-state index contributed by atoms with van der Waals surface area (Å²) in [7, 11) is 0. The summed E-state index contributed by atoms with van der Waals surface area (Å²) in [5.41, 5.74) is 1.86. The number of nitrogens with one attached hydrogen (secondary N) is 1. The Hall–Kier alpha value is -1.11. The standard InChI is InChI=1S/C10H9IN2O2/c1-6-4-7(2-3-8(6)11)13-5-9(14)12-10(13)15/h2-4H,5H2,1H3,(H,12,14,15). The lowest BCUT2D eigenvalue weighted by molar-refractivity contribution is -0.117. The number of rotatable bonds is 1. The number of aryl methyl sites for hydroxylation is 1. The summed E-state index contributed by atoms with van der Waals surface area (Å²) in [5, 5.41) is 2.25. The van der Waals surface area contributed by atoms with Crippen molar-refractivity contribution in [1.82, 2.24) is 5.32 Å². The van der Waals surface area contributed by atoms with Crippen LogP contribution in [0.5, 0.6) is 0 Å². The number of benzene rings is 1. The molecule has 0 atom stereocenters. The molecule has 4 nitrogen and oxygen atoms in total. The Kier molecular flexibility index (Phi) is 2.64. The molecule has 3 amide bonds. The second-order valence-electron chi connectivity index (χ2n) is 3.37. The van der Waals surface area contributed by atoms with E-state index in [1.165, 1.54) is 4.90 Å². The number of carbonyl (C=O) groups excluding carboxylic acids is 2. The third-order valence-corrected chi connectivity index (χ3v) is 3.46. The van der Waals surface area contributed by atoms with Crippen molar-refractivity contribution in [3.8, 4) is 0 Å². The van der Waals surface area contributed by atoms with E-state index in [0.29, 0.717) is 0 Å². The molecule has 1 aromatic carbocycles. The lowest BCUT2D eigenvalue weighted by Crippen LogP contribution is -2.27. The molecule has 1 N–H and O–H groups in total. The summed E-state index contributed by atoms with van der Waals surface area (Å²) in [6.45, 7) is 2.08. The highest BCUT2D eigenvalue weighted by atomic mass is 127. The van der Waals surface area contributed by atoms with E-state index in [9.17, 15) is 9.59 Å². The van der Waals surface area contributed by atoms with Crippen molar-refractivity contribution in [1.29, 1.82) is 0 Å². The summed E-state index contributed by atoms with van der Waals surface area (Å²) in [6.07, 6.45) is 0. The molecule has 0 aliphatic carbocycles. The number of halogens is 1. The van der Waals surface area contributed by atoms with E-state index in [0.717, 1.165) is 14.8 Å². The van der Waals surface area contributed by atoms with Crippen LogP contribution in [0.1, 0.15) is 5.56 Å². The first kappa shape index (κ1) is 10.4. The minimum Gasteiger partial charge on any atom is -0.285 e. The topological polar surface area (TPSA) is 49.4 Å². The summed E-state index contributed by atoms with van der Waals surface area (Å²) >= 11 is 2.23. The fourth-order valence-corrected chi connectivity index (χ4v) is 1.78. The molecule has 0 saturated carbocycles. The maximum absolute atomic E-state index is 11.4. The number of urea groups is 1. The van der Waals surface area contributed by atoms with Gasteiger partial charge in [0.25, 0.3) is 0 Å².